The summed E-state index contributed by atoms with van der Waals surface area (Å²) in [6, 6.07) is 1.17. The fraction of sp³-hybridized carbons (Fsp3) is 0.500. The van der Waals surface area contributed by atoms with Crippen molar-refractivity contribution in [3.05, 3.63) is 28.2 Å². The van der Waals surface area contributed by atoms with Crippen molar-refractivity contribution >= 4 is 6.29 Å². The lowest BCUT2D eigenvalue weighted by atomic mass is 10.2. The maximum atomic E-state index is 11.1. The normalized spacial score (nSPS) is 10.3. The highest BCUT2D eigenvalue weighted by Crippen LogP contribution is 2.07. The average Bonchev–Trinajstić information content (AvgIpc) is 2.28. The number of aldehydes is 1. The lowest BCUT2D eigenvalue weighted by Crippen LogP contribution is -2.11. The van der Waals surface area contributed by atoms with Crippen LogP contribution >= 0.6 is 0 Å². The third kappa shape index (κ3) is 3.22. The summed E-state index contributed by atoms with van der Waals surface area (Å²) in [7, 11) is 0. The number of pyridine rings is 1. The van der Waals surface area contributed by atoms with Crippen LogP contribution < -0.4 is 5.43 Å². The molecule has 0 fully saturated rings. The predicted molar refractivity (Wildman–Crippen MR) is 61.9 cm³/mol. The summed E-state index contributed by atoms with van der Waals surface area (Å²) in [5.74, 6) is -0.305. The van der Waals surface area contributed by atoms with Crippen LogP contribution in [-0.4, -0.2) is 16.0 Å². The van der Waals surface area contributed by atoms with Gasteiger partial charge in [-0.05, 0) is 6.42 Å². The first-order chi connectivity index (χ1) is 7.69. The number of carbonyl (C=O) groups excluding carboxylic acids is 1. The number of carbonyl (C=O) groups is 1. The van der Waals surface area contributed by atoms with Gasteiger partial charge >= 0.3 is 0 Å². The number of hydrogen-bond acceptors (Lipinski definition) is 3. The van der Waals surface area contributed by atoms with E-state index in [0.717, 1.165) is 25.7 Å². The first-order valence-corrected chi connectivity index (χ1v) is 5.57. The molecular formula is C12H17NO3. The number of hydrogen-bond donors (Lipinski definition) is 1. The van der Waals surface area contributed by atoms with Crippen molar-refractivity contribution in [3.8, 4) is 5.75 Å². The fourth-order valence-corrected chi connectivity index (χ4v) is 1.58. The van der Waals surface area contributed by atoms with Gasteiger partial charge in [-0.15, -0.1) is 0 Å². The van der Waals surface area contributed by atoms with Gasteiger partial charge in [0.1, 0.15) is 0 Å². The zero-order valence-corrected chi connectivity index (χ0v) is 9.48. The van der Waals surface area contributed by atoms with E-state index in [1.165, 1.54) is 12.3 Å². The largest absolute Gasteiger partial charge is 0.503 e. The molecule has 0 aliphatic heterocycles. The summed E-state index contributed by atoms with van der Waals surface area (Å²) in [5, 5.41) is 9.27. The van der Waals surface area contributed by atoms with Crippen LogP contribution in [0.2, 0.25) is 0 Å². The molecule has 1 rings (SSSR count). The van der Waals surface area contributed by atoms with E-state index in [1.54, 1.807) is 4.57 Å². The van der Waals surface area contributed by atoms with Gasteiger partial charge in [-0.2, -0.15) is 0 Å². The monoisotopic (exact) mass is 223 g/mol. The molecule has 0 saturated carbocycles. The maximum absolute atomic E-state index is 11.1. The molecule has 0 radical (unpaired) electrons. The molecule has 0 saturated heterocycles. The number of rotatable bonds is 6. The van der Waals surface area contributed by atoms with E-state index in [4.69, 9.17) is 0 Å². The standard InChI is InChI=1S/C12H17NO3/c1-2-3-4-5-6-13-8-12(16)11(15)7-10(13)9-14/h7-9,16H,2-6H2,1H3. The van der Waals surface area contributed by atoms with Crippen LogP contribution in [0.15, 0.2) is 17.1 Å². The first-order valence-electron chi connectivity index (χ1n) is 5.57. The van der Waals surface area contributed by atoms with Crippen molar-refractivity contribution in [2.45, 2.75) is 39.2 Å². The Labute approximate surface area is 94.5 Å². The molecule has 0 spiro atoms. The van der Waals surface area contributed by atoms with Crippen LogP contribution in [0.25, 0.3) is 0 Å². The zero-order valence-electron chi connectivity index (χ0n) is 9.48. The number of aryl methyl sites for hydroxylation is 1. The van der Waals surface area contributed by atoms with Crippen molar-refractivity contribution in [1.82, 2.24) is 4.57 Å². The second kappa shape index (κ2) is 6.10. The maximum Gasteiger partial charge on any atom is 0.223 e. The van der Waals surface area contributed by atoms with E-state index < -0.39 is 5.43 Å². The highest BCUT2D eigenvalue weighted by atomic mass is 16.3. The summed E-state index contributed by atoms with van der Waals surface area (Å²) in [5.41, 5.74) is -0.189. The molecule has 0 aromatic carbocycles. The molecule has 0 amide bonds. The van der Waals surface area contributed by atoms with Gasteiger partial charge in [0.15, 0.2) is 12.0 Å². The van der Waals surface area contributed by atoms with Crippen LogP contribution in [0.3, 0.4) is 0 Å². The van der Waals surface area contributed by atoms with Crippen LogP contribution in [0, 0.1) is 0 Å². The Kier molecular flexibility index (Phi) is 4.76. The number of nitrogens with zero attached hydrogens (tertiary/aromatic N) is 1. The van der Waals surface area contributed by atoms with Gasteiger partial charge in [-0.3, -0.25) is 9.59 Å². The minimum atomic E-state index is -0.507. The SMILES string of the molecule is CCCCCCn1cc(O)c(=O)cc1C=O. The van der Waals surface area contributed by atoms with E-state index in [1.807, 2.05) is 0 Å². The van der Waals surface area contributed by atoms with Gasteiger partial charge in [-0.1, -0.05) is 26.2 Å². The zero-order chi connectivity index (χ0) is 12.0. The Morgan fingerprint density at radius 1 is 1.38 bits per heavy atom. The number of unbranched alkanes of at least 4 members (excludes halogenated alkanes) is 3. The summed E-state index contributed by atoms with van der Waals surface area (Å²) in [4.78, 5) is 21.8. The molecule has 1 aromatic rings. The lowest BCUT2D eigenvalue weighted by Gasteiger charge is -2.09. The van der Waals surface area contributed by atoms with E-state index in [2.05, 4.69) is 6.92 Å². The third-order valence-electron chi connectivity index (χ3n) is 2.51. The molecule has 4 heteroatoms. The summed E-state index contributed by atoms with van der Waals surface area (Å²) in [6.07, 6.45) is 6.30. The van der Waals surface area contributed by atoms with Crippen LogP contribution in [0.1, 0.15) is 43.1 Å². The molecule has 0 unspecified atom stereocenters. The van der Waals surface area contributed by atoms with E-state index in [9.17, 15) is 14.7 Å². The Bertz CT molecular complexity index is 409. The molecule has 1 N–H and O–H groups in total. The lowest BCUT2D eigenvalue weighted by molar-refractivity contribution is 0.111. The van der Waals surface area contributed by atoms with Crippen LogP contribution in [0.4, 0.5) is 0 Å². The Hall–Kier alpha value is -1.58. The molecule has 0 aliphatic carbocycles. The molecular weight excluding hydrogens is 206 g/mol. The summed E-state index contributed by atoms with van der Waals surface area (Å²) >= 11 is 0. The van der Waals surface area contributed by atoms with Crippen molar-refractivity contribution in [2.75, 3.05) is 0 Å². The van der Waals surface area contributed by atoms with Crippen molar-refractivity contribution in [1.29, 1.82) is 0 Å². The highest BCUT2D eigenvalue weighted by molar-refractivity contribution is 5.72. The van der Waals surface area contributed by atoms with E-state index in [0.29, 0.717) is 18.5 Å². The molecule has 1 heterocycles. The molecule has 88 valence electrons. The summed E-state index contributed by atoms with van der Waals surface area (Å²) in [6.45, 7) is 2.78. The Morgan fingerprint density at radius 2 is 2.12 bits per heavy atom. The van der Waals surface area contributed by atoms with Crippen molar-refractivity contribution < 1.29 is 9.90 Å². The summed E-state index contributed by atoms with van der Waals surface area (Å²) < 4.78 is 1.62. The first kappa shape index (κ1) is 12.5. The van der Waals surface area contributed by atoms with Gasteiger partial charge in [0.05, 0.1) is 11.9 Å². The van der Waals surface area contributed by atoms with Gasteiger partial charge in [-0.25, -0.2) is 0 Å². The van der Waals surface area contributed by atoms with Gasteiger partial charge in [0.2, 0.25) is 5.43 Å². The van der Waals surface area contributed by atoms with Gasteiger partial charge < -0.3 is 9.67 Å². The van der Waals surface area contributed by atoms with E-state index >= 15 is 0 Å². The van der Waals surface area contributed by atoms with Crippen LogP contribution in [-0.2, 0) is 6.54 Å². The second-order valence-corrected chi connectivity index (χ2v) is 3.82. The van der Waals surface area contributed by atoms with Crippen molar-refractivity contribution in [2.24, 2.45) is 0 Å². The van der Waals surface area contributed by atoms with Crippen LogP contribution in [0.5, 0.6) is 5.75 Å². The molecule has 4 nitrogen and oxygen atoms in total. The average molecular weight is 223 g/mol. The highest BCUT2D eigenvalue weighted by Gasteiger charge is 2.04. The van der Waals surface area contributed by atoms with Gasteiger partial charge in [0.25, 0.3) is 0 Å². The number of aromatic hydroxyl groups is 1. The smallest absolute Gasteiger partial charge is 0.223 e. The minimum Gasteiger partial charge on any atom is -0.503 e. The third-order valence-corrected chi connectivity index (χ3v) is 2.51. The molecule has 0 aliphatic rings. The molecule has 0 bridgehead atoms. The topological polar surface area (TPSA) is 59.3 Å². The van der Waals surface area contributed by atoms with Crippen molar-refractivity contribution in [3.63, 3.8) is 0 Å². The van der Waals surface area contributed by atoms with Gasteiger partial charge in [0, 0.05) is 12.6 Å². The predicted octanol–water partition coefficient (Wildman–Crippen LogP) is 1.95. The molecule has 16 heavy (non-hydrogen) atoms. The van der Waals surface area contributed by atoms with E-state index in [-0.39, 0.29) is 5.75 Å². The number of aromatic nitrogens is 1. The quantitative estimate of drug-likeness (QED) is 0.592. The minimum absolute atomic E-state index is 0.305. The Balaban J connectivity index is 2.74. The fourth-order valence-electron chi connectivity index (χ4n) is 1.58. The second-order valence-electron chi connectivity index (χ2n) is 3.82. The Morgan fingerprint density at radius 3 is 2.75 bits per heavy atom. The molecule has 1 aromatic heterocycles. The molecule has 0 atom stereocenters.